The first kappa shape index (κ1) is 23.6. The highest BCUT2D eigenvalue weighted by molar-refractivity contribution is 9.10. The Bertz CT molecular complexity index is 1020. The van der Waals surface area contributed by atoms with E-state index in [9.17, 15) is 9.59 Å². The van der Waals surface area contributed by atoms with Crippen molar-refractivity contribution in [2.75, 3.05) is 39.3 Å². The third kappa shape index (κ3) is 4.80. The van der Waals surface area contributed by atoms with Crippen molar-refractivity contribution in [3.63, 3.8) is 0 Å². The summed E-state index contributed by atoms with van der Waals surface area (Å²) in [5.41, 5.74) is 2.35. The van der Waals surface area contributed by atoms with Gasteiger partial charge in [-0.05, 0) is 61.5 Å². The molecule has 6 heteroatoms. The minimum Gasteiger partial charge on any atom is -0.342 e. The number of piperidine rings is 1. The Morgan fingerprint density at radius 1 is 0.971 bits per heavy atom. The molecule has 0 aromatic heterocycles. The predicted molar refractivity (Wildman–Crippen MR) is 137 cm³/mol. The summed E-state index contributed by atoms with van der Waals surface area (Å²) in [4.78, 5) is 32.1. The lowest BCUT2D eigenvalue weighted by atomic mass is 9.76. The lowest BCUT2D eigenvalue weighted by Gasteiger charge is -2.39. The van der Waals surface area contributed by atoms with E-state index in [1.54, 1.807) is 6.92 Å². The van der Waals surface area contributed by atoms with E-state index in [1.165, 1.54) is 11.1 Å². The van der Waals surface area contributed by atoms with Gasteiger partial charge >= 0.3 is 0 Å². The summed E-state index contributed by atoms with van der Waals surface area (Å²) in [7, 11) is 0. The molecule has 34 heavy (non-hydrogen) atoms. The zero-order valence-corrected chi connectivity index (χ0v) is 21.5. The number of halogens is 1. The molecule has 0 radical (unpaired) electrons. The maximum atomic E-state index is 13.4. The lowest BCUT2D eigenvalue weighted by Crippen LogP contribution is -2.46. The van der Waals surface area contributed by atoms with Gasteiger partial charge in [-0.3, -0.25) is 9.59 Å². The molecule has 2 aromatic rings. The molecule has 3 heterocycles. The third-order valence-electron chi connectivity index (χ3n) is 8.31. The molecule has 5 rings (SSSR count). The fourth-order valence-corrected chi connectivity index (χ4v) is 6.47. The van der Waals surface area contributed by atoms with Gasteiger partial charge in [-0.2, -0.15) is 0 Å². The third-order valence-corrected chi connectivity index (χ3v) is 8.84. The van der Waals surface area contributed by atoms with Gasteiger partial charge in [-0.1, -0.05) is 58.4 Å². The Morgan fingerprint density at radius 2 is 1.65 bits per heavy atom. The molecule has 3 aliphatic heterocycles. The molecule has 0 bridgehead atoms. The number of likely N-dealkylation sites (tertiary alicyclic amines) is 3. The lowest BCUT2D eigenvalue weighted by molar-refractivity contribution is -0.139. The molecule has 180 valence electrons. The zero-order valence-electron chi connectivity index (χ0n) is 20.0. The van der Waals surface area contributed by atoms with E-state index < -0.39 is 0 Å². The van der Waals surface area contributed by atoms with E-state index in [-0.39, 0.29) is 11.3 Å². The first-order valence-corrected chi connectivity index (χ1v) is 13.3. The first-order chi connectivity index (χ1) is 16.4. The van der Waals surface area contributed by atoms with Crippen LogP contribution in [0.4, 0.5) is 0 Å². The van der Waals surface area contributed by atoms with Gasteiger partial charge in [0.1, 0.15) is 0 Å². The highest BCUT2D eigenvalue weighted by atomic mass is 79.9. The molecule has 3 saturated heterocycles. The second-order valence-electron chi connectivity index (χ2n) is 10.4. The normalized spacial score (nSPS) is 24.8. The van der Waals surface area contributed by atoms with Crippen LogP contribution in [0.15, 0.2) is 59.1 Å². The molecule has 5 nitrogen and oxygen atoms in total. The van der Waals surface area contributed by atoms with Gasteiger partial charge in [0.05, 0.1) is 5.41 Å². The fraction of sp³-hybridized carbons (Fsp3) is 0.500. The minimum absolute atomic E-state index is 0.170. The van der Waals surface area contributed by atoms with Crippen molar-refractivity contribution >= 4 is 27.7 Å². The second-order valence-corrected chi connectivity index (χ2v) is 11.3. The molecule has 2 atom stereocenters. The van der Waals surface area contributed by atoms with E-state index in [1.807, 2.05) is 17.0 Å². The Hall–Kier alpha value is -2.18. The number of hydrogen-bond acceptors (Lipinski definition) is 3. The van der Waals surface area contributed by atoms with Crippen LogP contribution in [0, 0.1) is 11.3 Å². The average Bonchev–Trinajstić information content (AvgIpc) is 3.40. The van der Waals surface area contributed by atoms with Crippen LogP contribution in [0.1, 0.15) is 43.2 Å². The van der Waals surface area contributed by atoms with E-state index in [0.29, 0.717) is 24.3 Å². The SMILES string of the molecule is CC(=O)N1CC(CN2CCC3(CC2)CCN(Cc2ccc(Br)cc2)C3=O)[C@@H](c2ccccc2)C1. The number of amides is 2. The van der Waals surface area contributed by atoms with Crippen LogP contribution in [-0.2, 0) is 16.1 Å². The van der Waals surface area contributed by atoms with Crippen LogP contribution in [0.3, 0.4) is 0 Å². The maximum absolute atomic E-state index is 13.4. The summed E-state index contributed by atoms with van der Waals surface area (Å²) >= 11 is 3.49. The van der Waals surface area contributed by atoms with Crippen LogP contribution in [0.25, 0.3) is 0 Å². The standard InChI is InChI=1S/C28H34BrN3O2/c1-21(33)32-19-24(26(20-32)23-5-3-2-4-6-23)18-30-14-11-28(12-15-30)13-16-31(27(28)34)17-22-7-9-25(29)10-8-22/h2-10,24,26H,11-20H2,1H3/t24?,26-/m1/s1. The molecule has 3 fully saturated rings. The topological polar surface area (TPSA) is 43.9 Å². The minimum atomic E-state index is -0.175. The highest BCUT2D eigenvalue weighted by Crippen LogP contribution is 2.43. The van der Waals surface area contributed by atoms with Gasteiger partial charge in [-0.25, -0.2) is 0 Å². The average molecular weight is 525 g/mol. The van der Waals surface area contributed by atoms with E-state index in [4.69, 9.17) is 0 Å². The Kier molecular flexibility index (Phi) is 6.81. The Labute approximate surface area is 211 Å². The highest BCUT2D eigenvalue weighted by Gasteiger charge is 2.48. The number of rotatable bonds is 5. The molecule has 2 aromatic carbocycles. The van der Waals surface area contributed by atoms with Gasteiger partial charge in [0, 0.05) is 50.0 Å². The molecular weight excluding hydrogens is 490 g/mol. The quantitative estimate of drug-likeness (QED) is 0.578. The van der Waals surface area contributed by atoms with Crippen LogP contribution >= 0.6 is 15.9 Å². The molecule has 0 saturated carbocycles. The van der Waals surface area contributed by atoms with Crippen molar-refractivity contribution in [2.24, 2.45) is 11.3 Å². The van der Waals surface area contributed by atoms with E-state index in [0.717, 1.165) is 63.0 Å². The largest absolute Gasteiger partial charge is 0.342 e. The summed E-state index contributed by atoms with van der Waals surface area (Å²) in [5, 5.41) is 0. The van der Waals surface area contributed by atoms with Crippen molar-refractivity contribution in [1.82, 2.24) is 14.7 Å². The first-order valence-electron chi connectivity index (χ1n) is 12.5. The smallest absolute Gasteiger partial charge is 0.229 e. The number of nitrogens with zero attached hydrogens (tertiary/aromatic N) is 3. The van der Waals surface area contributed by atoms with Crippen molar-refractivity contribution in [1.29, 1.82) is 0 Å². The van der Waals surface area contributed by atoms with Crippen molar-refractivity contribution in [2.45, 2.75) is 38.6 Å². The predicted octanol–water partition coefficient (Wildman–Crippen LogP) is 4.53. The molecule has 0 aliphatic carbocycles. The summed E-state index contributed by atoms with van der Waals surface area (Å²) < 4.78 is 1.07. The zero-order chi connectivity index (χ0) is 23.7. The fourth-order valence-electron chi connectivity index (χ4n) is 6.20. The van der Waals surface area contributed by atoms with Gasteiger partial charge in [0.15, 0.2) is 0 Å². The van der Waals surface area contributed by atoms with Gasteiger partial charge in [-0.15, -0.1) is 0 Å². The van der Waals surface area contributed by atoms with Crippen molar-refractivity contribution < 1.29 is 9.59 Å². The van der Waals surface area contributed by atoms with Gasteiger partial charge < -0.3 is 14.7 Å². The van der Waals surface area contributed by atoms with E-state index >= 15 is 0 Å². The van der Waals surface area contributed by atoms with Crippen LogP contribution in [-0.4, -0.2) is 65.8 Å². The van der Waals surface area contributed by atoms with Crippen molar-refractivity contribution in [3.8, 4) is 0 Å². The number of benzene rings is 2. The van der Waals surface area contributed by atoms with Gasteiger partial charge in [0.25, 0.3) is 0 Å². The molecule has 3 aliphatic rings. The second kappa shape index (κ2) is 9.82. The maximum Gasteiger partial charge on any atom is 0.229 e. The monoisotopic (exact) mass is 523 g/mol. The van der Waals surface area contributed by atoms with E-state index in [2.05, 4.69) is 68.2 Å². The summed E-state index contributed by atoms with van der Waals surface area (Å²) in [6.45, 7) is 7.82. The molecule has 1 unspecified atom stereocenters. The molecule has 1 spiro atoms. The van der Waals surface area contributed by atoms with Crippen LogP contribution in [0.2, 0.25) is 0 Å². The molecule has 2 amide bonds. The van der Waals surface area contributed by atoms with Crippen molar-refractivity contribution in [3.05, 3.63) is 70.2 Å². The van der Waals surface area contributed by atoms with Crippen LogP contribution < -0.4 is 0 Å². The summed E-state index contributed by atoms with van der Waals surface area (Å²) in [6.07, 6.45) is 2.87. The molecular formula is C28H34BrN3O2. The summed E-state index contributed by atoms with van der Waals surface area (Å²) in [6, 6.07) is 18.9. The van der Waals surface area contributed by atoms with Gasteiger partial charge in [0.2, 0.25) is 11.8 Å². The van der Waals surface area contributed by atoms with Crippen LogP contribution in [0.5, 0.6) is 0 Å². The Balaban J connectivity index is 1.20. The number of carbonyl (C=O) groups excluding carboxylic acids is 2. The summed E-state index contributed by atoms with van der Waals surface area (Å²) in [5.74, 6) is 1.34. The molecule has 0 N–H and O–H groups in total. The number of carbonyl (C=O) groups is 2. The Morgan fingerprint density at radius 3 is 2.32 bits per heavy atom. The number of hydrogen-bond donors (Lipinski definition) is 0.